The average Bonchev–Trinajstić information content (AvgIpc) is 3.17. The minimum Gasteiger partial charge on any atom is -0.256 e. The molecule has 224 valence electrons. The predicted molar refractivity (Wildman–Crippen MR) is 200 cm³/mol. The summed E-state index contributed by atoms with van der Waals surface area (Å²) in [5.41, 5.74) is 11.8. The molecule has 0 bridgehead atoms. The van der Waals surface area contributed by atoms with E-state index in [9.17, 15) is 0 Å². The van der Waals surface area contributed by atoms with Crippen molar-refractivity contribution in [3.8, 4) is 56.0 Å². The first-order valence-corrected chi connectivity index (χ1v) is 16.2. The van der Waals surface area contributed by atoms with Crippen molar-refractivity contribution >= 4 is 32.6 Å². The van der Waals surface area contributed by atoms with Crippen LogP contribution in [0.4, 0.5) is 0 Å². The largest absolute Gasteiger partial charge is 0.256 e. The Morgan fingerprint density at radius 1 is 0.312 bits per heavy atom. The van der Waals surface area contributed by atoms with Gasteiger partial charge in [-0.15, -0.1) is 0 Å². The molecule has 3 heteroatoms. The predicted octanol–water partition coefficient (Wildman–Crippen LogP) is 11.7. The maximum Gasteiger partial charge on any atom is 0.160 e. The molecule has 7 aromatic carbocycles. The lowest BCUT2D eigenvalue weighted by Crippen LogP contribution is -1.95. The summed E-state index contributed by atoms with van der Waals surface area (Å²) in [4.78, 5) is 15.0. The Labute approximate surface area is 278 Å². The smallest absolute Gasteiger partial charge is 0.160 e. The molecule has 9 rings (SSSR count). The molecule has 0 aliphatic carbocycles. The molecule has 0 amide bonds. The summed E-state index contributed by atoms with van der Waals surface area (Å²) in [6.07, 6.45) is 1.96. The summed E-state index contributed by atoms with van der Waals surface area (Å²) in [6.45, 7) is 0. The molecule has 0 fully saturated rings. The lowest BCUT2D eigenvalue weighted by atomic mass is 9.96. The molecule has 0 radical (unpaired) electrons. The van der Waals surface area contributed by atoms with Gasteiger partial charge in [-0.2, -0.15) is 0 Å². The third-order valence-corrected chi connectivity index (χ3v) is 9.11. The number of aromatic nitrogens is 3. The van der Waals surface area contributed by atoms with Crippen LogP contribution in [0.1, 0.15) is 0 Å². The minimum atomic E-state index is 0.710. The quantitative estimate of drug-likeness (QED) is 0.182. The van der Waals surface area contributed by atoms with Crippen molar-refractivity contribution in [2.45, 2.75) is 0 Å². The molecule has 0 saturated carbocycles. The lowest BCUT2D eigenvalue weighted by molar-refractivity contribution is 1.23. The molecule has 2 aromatic heterocycles. The van der Waals surface area contributed by atoms with Gasteiger partial charge < -0.3 is 0 Å². The van der Waals surface area contributed by atoms with Crippen LogP contribution in [0.25, 0.3) is 88.6 Å². The van der Waals surface area contributed by atoms with Crippen molar-refractivity contribution in [2.75, 3.05) is 0 Å². The van der Waals surface area contributed by atoms with E-state index in [1.807, 2.05) is 18.3 Å². The fourth-order valence-corrected chi connectivity index (χ4v) is 6.63. The van der Waals surface area contributed by atoms with Gasteiger partial charge >= 0.3 is 0 Å². The third kappa shape index (κ3) is 5.08. The van der Waals surface area contributed by atoms with E-state index in [-0.39, 0.29) is 0 Å². The van der Waals surface area contributed by atoms with E-state index >= 15 is 0 Å². The van der Waals surface area contributed by atoms with Gasteiger partial charge in [0, 0.05) is 33.5 Å². The molecule has 0 saturated heterocycles. The van der Waals surface area contributed by atoms with Gasteiger partial charge in [-0.1, -0.05) is 146 Å². The molecule has 0 aliphatic heterocycles. The van der Waals surface area contributed by atoms with E-state index in [4.69, 9.17) is 15.0 Å². The maximum absolute atomic E-state index is 5.18. The lowest BCUT2D eigenvalue weighted by Gasteiger charge is -2.12. The first-order chi connectivity index (χ1) is 23.8. The number of para-hydroxylation sites is 1. The Morgan fingerprint density at radius 3 is 1.67 bits per heavy atom. The van der Waals surface area contributed by atoms with E-state index in [1.54, 1.807) is 0 Å². The molecule has 0 unspecified atom stereocenters. The molecule has 9 aromatic rings. The van der Waals surface area contributed by atoms with E-state index in [0.717, 1.165) is 60.9 Å². The molecule has 0 N–H and O–H groups in total. The second kappa shape index (κ2) is 11.7. The van der Waals surface area contributed by atoms with E-state index in [1.165, 1.54) is 21.9 Å². The van der Waals surface area contributed by atoms with Crippen LogP contribution in [0.3, 0.4) is 0 Å². The molecule has 0 atom stereocenters. The molecular formula is C45H29N3. The molecule has 2 heterocycles. The normalized spacial score (nSPS) is 11.3. The van der Waals surface area contributed by atoms with E-state index in [0.29, 0.717) is 5.82 Å². The van der Waals surface area contributed by atoms with Crippen LogP contribution >= 0.6 is 0 Å². The zero-order valence-electron chi connectivity index (χ0n) is 26.1. The van der Waals surface area contributed by atoms with Gasteiger partial charge in [-0.05, 0) is 63.0 Å². The minimum absolute atomic E-state index is 0.710. The number of fused-ring (bicyclic) bond motifs is 4. The fourth-order valence-electron chi connectivity index (χ4n) is 6.63. The van der Waals surface area contributed by atoms with Crippen molar-refractivity contribution in [3.05, 3.63) is 176 Å². The van der Waals surface area contributed by atoms with Gasteiger partial charge in [-0.3, -0.25) is 4.98 Å². The van der Waals surface area contributed by atoms with Gasteiger partial charge in [0.15, 0.2) is 5.82 Å². The number of benzene rings is 7. The van der Waals surface area contributed by atoms with Crippen LogP contribution in [0.5, 0.6) is 0 Å². The maximum atomic E-state index is 5.18. The number of pyridine rings is 1. The van der Waals surface area contributed by atoms with E-state index in [2.05, 4.69) is 158 Å². The highest BCUT2D eigenvalue weighted by Crippen LogP contribution is 2.34. The highest BCUT2D eigenvalue weighted by molar-refractivity contribution is 6.06. The van der Waals surface area contributed by atoms with Gasteiger partial charge in [-0.25, -0.2) is 9.97 Å². The Morgan fingerprint density at radius 2 is 0.875 bits per heavy atom. The zero-order valence-corrected chi connectivity index (χ0v) is 26.1. The second-order valence-electron chi connectivity index (χ2n) is 12.1. The van der Waals surface area contributed by atoms with Crippen molar-refractivity contribution in [3.63, 3.8) is 0 Å². The highest BCUT2D eigenvalue weighted by Gasteiger charge is 2.13. The number of rotatable bonds is 5. The Bertz CT molecular complexity index is 2610. The van der Waals surface area contributed by atoms with Crippen molar-refractivity contribution in [2.24, 2.45) is 0 Å². The van der Waals surface area contributed by atoms with Crippen molar-refractivity contribution < 1.29 is 0 Å². The molecule has 0 spiro atoms. The first kappa shape index (κ1) is 27.8. The average molecular weight is 612 g/mol. The van der Waals surface area contributed by atoms with Crippen LogP contribution in [0.2, 0.25) is 0 Å². The monoisotopic (exact) mass is 611 g/mol. The van der Waals surface area contributed by atoms with Crippen LogP contribution in [-0.2, 0) is 0 Å². The van der Waals surface area contributed by atoms with Gasteiger partial charge in [0.25, 0.3) is 0 Å². The molecule has 3 nitrogen and oxygen atoms in total. The SMILES string of the molecule is c1ccc(-c2ccc(-c3nc(-c4cccc(-c5cccc(-c6ccc7c(c6)ncc6ccccc67)c5)c4)nc4ccccc34)cc2)cc1. The number of hydrogen-bond acceptors (Lipinski definition) is 3. The van der Waals surface area contributed by atoms with Crippen LogP contribution in [0, 0.1) is 0 Å². The summed E-state index contributed by atoms with van der Waals surface area (Å²) in [6, 6.07) is 59.6. The molecular weight excluding hydrogens is 583 g/mol. The molecule has 0 aliphatic rings. The Kier molecular flexibility index (Phi) is 6.80. The zero-order chi connectivity index (χ0) is 31.9. The van der Waals surface area contributed by atoms with Gasteiger partial charge in [0.05, 0.1) is 16.7 Å². The topological polar surface area (TPSA) is 38.7 Å². The third-order valence-electron chi connectivity index (χ3n) is 9.11. The van der Waals surface area contributed by atoms with Crippen LogP contribution < -0.4 is 0 Å². The fraction of sp³-hybridized carbons (Fsp3) is 0. The second-order valence-corrected chi connectivity index (χ2v) is 12.1. The summed E-state index contributed by atoms with van der Waals surface area (Å²) in [5, 5.41) is 4.59. The van der Waals surface area contributed by atoms with Crippen molar-refractivity contribution in [1.29, 1.82) is 0 Å². The standard InChI is InChI=1S/C45H29N3/c1-2-10-30(11-3-1)31-20-22-32(23-21-31)44-41-18-6-7-19-42(41)47-45(48-44)37-16-9-15-35(27-37)33-13-8-14-34(26-33)36-24-25-40-39-17-5-4-12-38(39)29-46-43(40)28-36/h1-29H. The summed E-state index contributed by atoms with van der Waals surface area (Å²) in [5.74, 6) is 0.710. The van der Waals surface area contributed by atoms with Crippen LogP contribution in [-0.4, -0.2) is 15.0 Å². The van der Waals surface area contributed by atoms with Gasteiger partial charge in [0.2, 0.25) is 0 Å². The Balaban J connectivity index is 1.08. The summed E-state index contributed by atoms with van der Waals surface area (Å²) >= 11 is 0. The number of hydrogen-bond donors (Lipinski definition) is 0. The first-order valence-electron chi connectivity index (χ1n) is 16.2. The van der Waals surface area contributed by atoms with Gasteiger partial charge in [0.1, 0.15) is 0 Å². The summed E-state index contributed by atoms with van der Waals surface area (Å²) in [7, 11) is 0. The highest BCUT2D eigenvalue weighted by atomic mass is 14.9. The molecule has 48 heavy (non-hydrogen) atoms. The van der Waals surface area contributed by atoms with E-state index < -0.39 is 0 Å². The Hall–Kier alpha value is -6.45. The number of nitrogens with zero attached hydrogens (tertiary/aromatic N) is 3. The van der Waals surface area contributed by atoms with Crippen molar-refractivity contribution in [1.82, 2.24) is 15.0 Å². The van der Waals surface area contributed by atoms with Crippen LogP contribution in [0.15, 0.2) is 176 Å². The summed E-state index contributed by atoms with van der Waals surface area (Å²) < 4.78 is 0.